The lowest BCUT2D eigenvalue weighted by Crippen LogP contribution is -2.16. The van der Waals surface area contributed by atoms with Gasteiger partial charge in [0, 0.05) is 10.5 Å². The molecule has 2 rings (SSSR count). The van der Waals surface area contributed by atoms with Crippen molar-refractivity contribution in [3.8, 4) is 11.5 Å². The zero-order valence-corrected chi connectivity index (χ0v) is 9.50. The van der Waals surface area contributed by atoms with Crippen LogP contribution in [-0.4, -0.2) is 13.2 Å². The quantitative estimate of drug-likeness (QED) is 0.840. The largest absolute Gasteiger partial charge is 0.486 e. The molecule has 0 spiro atoms. The molecule has 14 heavy (non-hydrogen) atoms. The third-order valence-electron chi connectivity index (χ3n) is 2.15. The van der Waals surface area contributed by atoms with Crippen molar-refractivity contribution in [3.05, 3.63) is 22.2 Å². The molecule has 0 amide bonds. The molecular weight excluding hydrogens is 246 g/mol. The first-order chi connectivity index (χ1) is 6.68. The molecule has 3 nitrogen and oxygen atoms in total. The number of rotatable bonds is 1. The highest BCUT2D eigenvalue weighted by atomic mass is 79.9. The molecule has 2 N–H and O–H groups in total. The van der Waals surface area contributed by atoms with E-state index in [0.29, 0.717) is 13.2 Å². The highest BCUT2D eigenvalue weighted by Gasteiger charge is 2.16. The van der Waals surface area contributed by atoms with Crippen molar-refractivity contribution in [3.63, 3.8) is 0 Å². The summed E-state index contributed by atoms with van der Waals surface area (Å²) >= 11 is 3.46. The summed E-state index contributed by atoms with van der Waals surface area (Å²) in [6.45, 7) is 3.15. The zero-order chi connectivity index (χ0) is 10.1. The maximum atomic E-state index is 5.82. The van der Waals surface area contributed by atoms with E-state index in [1.165, 1.54) is 0 Å². The second kappa shape index (κ2) is 3.79. The van der Waals surface area contributed by atoms with E-state index in [1.807, 2.05) is 19.1 Å². The molecule has 1 aromatic rings. The average molecular weight is 258 g/mol. The van der Waals surface area contributed by atoms with Gasteiger partial charge in [-0.1, -0.05) is 15.9 Å². The van der Waals surface area contributed by atoms with Gasteiger partial charge in [-0.25, -0.2) is 0 Å². The molecule has 0 saturated carbocycles. The second-order valence-corrected chi connectivity index (χ2v) is 4.16. The van der Waals surface area contributed by atoms with Crippen LogP contribution < -0.4 is 15.2 Å². The van der Waals surface area contributed by atoms with Gasteiger partial charge in [0.1, 0.15) is 13.2 Å². The Morgan fingerprint density at radius 2 is 1.86 bits per heavy atom. The van der Waals surface area contributed by atoms with Gasteiger partial charge in [-0.05, 0) is 24.6 Å². The number of fused-ring (bicyclic) bond motifs is 1. The molecule has 4 heteroatoms. The number of nitrogens with two attached hydrogens (primary N) is 1. The van der Waals surface area contributed by atoms with Crippen molar-refractivity contribution < 1.29 is 9.47 Å². The third kappa shape index (κ3) is 1.72. The summed E-state index contributed by atoms with van der Waals surface area (Å²) in [7, 11) is 0. The minimum Gasteiger partial charge on any atom is -0.486 e. The lowest BCUT2D eigenvalue weighted by molar-refractivity contribution is 0.171. The number of ether oxygens (including phenoxy) is 2. The van der Waals surface area contributed by atoms with E-state index >= 15 is 0 Å². The Balaban J connectivity index is 2.45. The van der Waals surface area contributed by atoms with E-state index in [0.717, 1.165) is 21.5 Å². The Bertz CT molecular complexity index is 352. The predicted molar refractivity (Wildman–Crippen MR) is 57.7 cm³/mol. The number of hydrogen-bond acceptors (Lipinski definition) is 3. The standard InChI is InChI=1S/C10H12BrNO2/c1-6(12)7-4-9-10(5-8(7)11)14-3-2-13-9/h4-6H,2-3,12H2,1H3/t6-/m1/s1. The Hall–Kier alpha value is -0.740. The van der Waals surface area contributed by atoms with Gasteiger partial charge in [0.15, 0.2) is 11.5 Å². The van der Waals surface area contributed by atoms with Gasteiger partial charge in [0.25, 0.3) is 0 Å². The molecule has 0 radical (unpaired) electrons. The molecule has 0 saturated heterocycles. The van der Waals surface area contributed by atoms with Crippen molar-refractivity contribution in [1.29, 1.82) is 0 Å². The smallest absolute Gasteiger partial charge is 0.162 e. The van der Waals surface area contributed by atoms with E-state index in [1.54, 1.807) is 0 Å². The predicted octanol–water partition coefficient (Wildman–Crippen LogP) is 2.24. The number of halogens is 1. The Morgan fingerprint density at radius 1 is 1.29 bits per heavy atom. The Morgan fingerprint density at radius 3 is 2.43 bits per heavy atom. The van der Waals surface area contributed by atoms with Crippen LogP contribution in [0.2, 0.25) is 0 Å². The molecule has 0 unspecified atom stereocenters. The molecule has 0 aromatic heterocycles. The van der Waals surface area contributed by atoms with Crippen LogP contribution in [0.1, 0.15) is 18.5 Å². The molecule has 0 bridgehead atoms. The van der Waals surface area contributed by atoms with Gasteiger partial charge in [-0.2, -0.15) is 0 Å². The van der Waals surface area contributed by atoms with Crippen molar-refractivity contribution in [2.24, 2.45) is 5.73 Å². The SMILES string of the molecule is C[C@@H](N)c1cc2c(cc1Br)OCCO2. The fraction of sp³-hybridized carbons (Fsp3) is 0.400. The Kier molecular flexibility index (Phi) is 2.65. The lowest BCUT2D eigenvalue weighted by atomic mass is 10.1. The van der Waals surface area contributed by atoms with Gasteiger partial charge in [-0.15, -0.1) is 0 Å². The first kappa shape index (κ1) is 9.80. The van der Waals surface area contributed by atoms with E-state index in [2.05, 4.69) is 15.9 Å². The van der Waals surface area contributed by atoms with Crippen LogP contribution in [0.3, 0.4) is 0 Å². The van der Waals surface area contributed by atoms with E-state index in [-0.39, 0.29) is 6.04 Å². The fourth-order valence-electron chi connectivity index (χ4n) is 1.43. The van der Waals surface area contributed by atoms with Crippen molar-refractivity contribution in [1.82, 2.24) is 0 Å². The Labute approximate surface area is 91.3 Å². The van der Waals surface area contributed by atoms with Gasteiger partial charge in [0.2, 0.25) is 0 Å². The van der Waals surface area contributed by atoms with Gasteiger partial charge < -0.3 is 15.2 Å². The highest BCUT2D eigenvalue weighted by molar-refractivity contribution is 9.10. The fourth-order valence-corrected chi connectivity index (χ4v) is 2.11. The minimum atomic E-state index is -0.0137. The van der Waals surface area contributed by atoms with Crippen molar-refractivity contribution >= 4 is 15.9 Å². The van der Waals surface area contributed by atoms with Crippen LogP contribution in [0.25, 0.3) is 0 Å². The van der Waals surface area contributed by atoms with Crippen LogP contribution in [0, 0.1) is 0 Å². The van der Waals surface area contributed by atoms with Crippen molar-refractivity contribution in [2.75, 3.05) is 13.2 Å². The summed E-state index contributed by atoms with van der Waals surface area (Å²) in [4.78, 5) is 0. The van der Waals surface area contributed by atoms with Crippen LogP contribution in [0.5, 0.6) is 11.5 Å². The summed E-state index contributed by atoms with van der Waals surface area (Å²) < 4.78 is 11.9. The summed E-state index contributed by atoms with van der Waals surface area (Å²) in [6, 6.07) is 3.83. The molecule has 0 aliphatic carbocycles. The number of hydrogen-bond donors (Lipinski definition) is 1. The van der Waals surface area contributed by atoms with E-state index < -0.39 is 0 Å². The summed E-state index contributed by atoms with van der Waals surface area (Å²) in [5, 5.41) is 0. The molecular formula is C10H12BrNO2. The second-order valence-electron chi connectivity index (χ2n) is 3.31. The van der Waals surface area contributed by atoms with Crippen LogP contribution in [-0.2, 0) is 0 Å². The summed E-state index contributed by atoms with van der Waals surface area (Å²) in [6.07, 6.45) is 0. The zero-order valence-electron chi connectivity index (χ0n) is 7.92. The third-order valence-corrected chi connectivity index (χ3v) is 2.84. The van der Waals surface area contributed by atoms with E-state index in [9.17, 15) is 0 Å². The molecule has 1 aromatic carbocycles. The molecule has 1 aliphatic heterocycles. The maximum absolute atomic E-state index is 5.82. The number of benzene rings is 1. The molecule has 0 fully saturated rings. The molecule has 76 valence electrons. The van der Waals surface area contributed by atoms with Crippen LogP contribution in [0.15, 0.2) is 16.6 Å². The van der Waals surface area contributed by atoms with Gasteiger partial charge in [0.05, 0.1) is 0 Å². The van der Waals surface area contributed by atoms with Crippen LogP contribution in [0.4, 0.5) is 0 Å². The van der Waals surface area contributed by atoms with Crippen molar-refractivity contribution in [2.45, 2.75) is 13.0 Å². The highest BCUT2D eigenvalue weighted by Crippen LogP contribution is 2.37. The monoisotopic (exact) mass is 257 g/mol. The summed E-state index contributed by atoms with van der Waals surface area (Å²) in [5.41, 5.74) is 6.86. The first-order valence-electron chi connectivity index (χ1n) is 4.53. The van der Waals surface area contributed by atoms with E-state index in [4.69, 9.17) is 15.2 Å². The minimum absolute atomic E-state index is 0.0137. The van der Waals surface area contributed by atoms with Gasteiger partial charge in [-0.3, -0.25) is 0 Å². The first-order valence-corrected chi connectivity index (χ1v) is 5.32. The van der Waals surface area contributed by atoms with Gasteiger partial charge >= 0.3 is 0 Å². The molecule has 1 aliphatic rings. The lowest BCUT2D eigenvalue weighted by Gasteiger charge is -2.20. The molecule has 1 heterocycles. The molecule has 1 atom stereocenters. The topological polar surface area (TPSA) is 44.5 Å². The summed E-state index contributed by atoms with van der Waals surface area (Å²) in [5.74, 6) is 1.57. The average Bonchev–Trinajstić information content (AvgIpc) is 2.16. The maximum Gasteiger partial charge on any atom is 0.162 e. The normalized spacial score (nSPS) is 16.5. The van der Waals surface area contributed by atoms with Crippen LogP contribution >= 0.6 is 15.9 Å².